The van der Waals surface area contributed by atoms with Gasteiger partial charge < -0.3 is 5.32 Å². The van der Waals surface area contributed by atoms with E-state index < -0.39 is 0 Å². The number of benzene rings is 2. The Morgan fingerprint density at radius 1 is 1.25 bits per heavy atom. The van der Waals surface area contributed by atoms with Crippen LogP contribution in [0.1, 0.15) is 29.5 Å². The lowest BCUT2D eigenvalue weighted by atomic mass is 9.93. The van der Waals surface area contributed by atoms with E-state index in [0.29, 0.717) is 6.42 Å². The molecule has 0 aliphatic heterocycles. The molecule has 1 atom stereocenters. The Morgan fingerprint density at radius 3 is 3.00 bits per heavy atom. The first-order valence-corrected chi connectivity index (χ1v) is 9.26. The minimum atomic E-state index is 0.00509. The molecule has 0 bridgehead atoms. The molecule has 1 heterocycles. The van der Waals surface area contributed by atoms with Crippen LogP contribution in [0, 0.1) is 5.92 Å². The second kappa shape index (κ2) is 6.36. The lowest BCUT2D eigenvalue weighted by Gasteiger charge is -2.15. The van der Waals surface area contributed by atoms with Crippen LogP contribution in [0.2, 0.25) is 0 Å². The zero-order valence-electron chi connectivity index (χ0n) is 13.7. The van der Waals surface area contributed by atoms with Crippen LogP contribution in [-0.2, 0) is 24.1 Å². The van der Waals surface area contributed by atoms with E-state index in [9.17, 15) is 4.79 Å². The Balaban J connectivity index is 1.51. The van der Waals surface area contributed by atoms with Crippen molar-refractivity contribution in [3.05, 3.63) is 58.6 Å². The van der Waals surface area contributed by atoms with Gasteiger partial charge in [0.05, 0.1) is 12.1 Å². The lowest BCUT2D eigenvalue weighted by molar-refractivity contribution is -0.115. The molecule has 0 fully saturated rings. The standard InChI is InChI=1S/C20H20N2OS/c1-13-9-10-17-18(11-13)24-20(21-17)22-19(23)12-15-7-4-6-14-5-2-3-8-16(14)15/h2-8,13H,9-12H2,1H3,(H,21,22,23)/t13-/m0/s1. The molecule has 0 unspecified atom stereocenters. The van der Waals surface area contributed by atoms with Crippen LogP contribution in [-0.4, -0.2) is 10.9 Å². The minimum absolute atomic E-state index is 0.00509. The van der Waals surface area contributed by atoms with Crippen molar-refractivity contribution in [3.8, 4) is 0 Å². The van der Waals surface area contributed by atoms with Crippen LogP contribution in [0.3, 0.4) is 0 Å². The van der Waals surface area contributed by atoms with Crippen LogP contribution in [0.4, 0.5) is 5.13 Å². The van der Waals surface area contributed by atoms with Gasteiger partial charge in [0.1, 0.15) is 0 Å². The van der Waals surface area contributed by atoms with Crippen LogP contribution < -0.4 is 5.32 Å². The SMILES string of the molecule is C[C@H]1CCc2nc(NC(=O)Cc3cccc4ccccc34)sc2C1. The highest BCUT2D eigenvalue weighted by Gasteiger charge is 2.20. The van der Waals surface area contributed by atoms with Gasteiger partial charge >= 0.3 is 0 Å². The normalized spacial score (nSPS) is 16.8. The molecule has 4 heteroatoms. The van der Waals surface area contributed by atoms with Crippen LogP contribution in [0.25, 0.3) is 10.8 Å². The van der Waals surface area contributed by atoms with Gasteiger partial charge in [-0.05, 0) is 41.5 Å². The summed E-state index contributed by atoms with van der Waals surface area (Å²) in [6.07, 6.45) is 3.69. The van der Waals surface area contributed by atoms with Crippen molar-refractivity contribution >= 4 is 33.1 Å². The Labute approximate surface area is 145 Å². The van der Waals surface area contributed by atoms with Crippen molar-refractivity contribution in [2.45, 2.75) is 32.6 Å². The second-order valence-corrected chi connectivity index (χ2v) is 7.68. The maximum absolute atomic E-state index is 12.5. The van der Waals surface area contributed by atoms with Gasteiger partial charge in [-0.2, -0.15) is 0 Å². The number of amides is 1. The Hall–Kier alpha value is -2.20. The molecule has 0 spiro atoms. The number of rotatable bonds is 3. The maximum atomic E-state index is 12.5. The van der Waals surface area contributed by atoms with E-state index in [4.69, 9.17) is 0 Å². The van der Waals surface area contributed by atoms with Gasteiger partial charge in [-0.3, -0.25) is 4.79 Å². The molecule has 1 aromatic heterocycles. The highest BCUT2D eigenvalue weighted by molar-refractivity contribution is 7.15. The number of anilines is 1. The fourth-order valence-electron chi connectivity index (χ4n) is 3.38. The molecular weight excluding hydrogens is 316 g/mol. The number of carbonyl (C=O) groups is 1. The van der Waals surface area contributed by atoms with E-state index in [1.807, 2.05) is 24.3 Å². The molecule has 2 aromatic carbocycles. The average Bonchev–Trinajstić information content (AvgIpc) is 2.96. The predicted molar refractivity (Wildman–Crippen MR) is 99.6 cm³/mol. The Morgan fingerprint density at radius 2 is 2.08 bits per heavy atom. The third-order valence-electron chi connectivity index (χ3n) is 4.66. The number of fused-ring (bicyclic) bond motifs is 2. The number of nitrogens with zero attached hydrogens (tertiary/aromatic N) is 1. The number of hydrogen-bond acceptors (Lipinski definition) is 3. The molecule has 24 heavy (non-hydrogen) atoms. The monoisotopic (exact) mass is 336 g/mol. The molecule has 0 saturated heterocycles. The Bertz CT molecular complexity index is 894. The van der Waals surface area contributed by atoms with Gasteiger partial charge in [-0.15, -0.1) is 11.3 Å². The van der Waals surface area contributed by atoms with Gasteiger partial charge in [0, 0.05) is 4.88 Å². The smallest absolute Gasteiger partial charge is 0.230 e. The molecule has 3 nitrogen and oxygen atoms in total. The number of aryl methyl sites for hydroxylation is 1. The van der Waals surface area contributed by atoms with E-state index in [0.717, 1.165) is 34.8 Å². The number of hydrogen-bond donors (Lipinski definition) is 1. The molecule has 1 aliphatic rings. The molecule has 1 N–H and O–H groups in total. The van der Waals surface area contributed by atoms with Gasteiger partial charge in [-0.25, -0.2) is 4.98 Å². The van der Waals surface area contributed by atoms with Gasteiger partial charge in [-0.1, -0.05) is 49.4 Å². The third kappa shape index (κ3) is 3.06. The first-order chi connectivity index (χ1) is 11.7. The summed E-state index contributed by atoms with van der Waals surface area (Å²) in [6.45, 7) is 2.28. The van der Waals surface area contributed by atoms with Crippen molar-refractivity contribution in [1.29, 1.82) is 0 Å². The number of aromatic nitrogens is 1. The van der Waals surface area contributed by atoms with Crippen molar-refractivity contribution in [1.82, 2.24) is 4.98 Å². The number of thiazole rings is 1. The summed E-state index contributed by atoms with van der Waals surface area (Å²) in [5.41, 5.74) is 2.24. The molecule has 4 rings (SSSR count). The molecule has 1 amide bonds. The highest BCUT2D eigenvalue weighted by Crippen LogP contribution is 2.32. The van der Waals surface area contributed by atoms with Gasteiger partial charge in [0.2, 0.25) is 5.91 Å². The average molecular weight is 336 g/mol. The maximum Gasteiger partial charge on any atom is 0.230 e. The number of nitrogens with one attached hydrogen (secondary N) is 1. The summed E-state index contributed by atoms with van der Waals surface area (Å²) in [6, 6.07) is 14.3. The van der Waals surface area contributed by atoms with Crippen molar-refractivity contribution in [3.63, 3.8) is 0 Å². The summed E-state index contributed by atoms with van der Waals surface area (Å²) in [4.78, 5) is 18.4. The third-order valence-corrected chi connectivity index (χ3v) is 5.70. The molecular formula is C20H20N2OS. The minimum Gasteiger partial charge on any atom is -0.302 e. The van der Waals surface area contributed by atoms with Crippen molar-refractivity contribution < 1.29 is 4.79 Å². The fraction of sp³-hybridized carbons (Fsp3) is 0.300. The van der Waals surface area contributed by atoms with Crippen molar-refractivity contribution in [2.24, 2.45) is 5.92 Å². The van der Waals surface area contributed by atoms with Crippen LogP contribution in [0.15, 0.2) is 42.5 Å². The first kappa shape index (κ1) is 15.3. The molecule has 3 aromatic rings. The summed E-state index contributed by atoms with van der Waals surface area (Å²) < 4.78 is 0. The first-order valence-electron chi connectivity index (χ1n) is 8.44. The second-order valence-electron chi connectivity index (χ2n) is 6.60. The fourth-order valence-corrected chi connectivity index (χ4v) is 4.56. The lowest BCUT2D eigenvalue weighted by Crippen LogP contribution is -2.14. The quantitative estimate of drug-likeness (QED) is 0.759. The van der Waals surface area contributed by atoms with Gasteiger partial charge in [0.15, 0.2) is 5.13 Å². The summed E-state index contributed by atoms with van der Waals surface area (Å²) in [5, 5.41) is 6.05. The molecule has 0 radical (unpaired) electrons. The zero-order valence-corrected chi connectivity index (χ0v) is 14.5. The molecule has 0 saturated carbocycles. The van der Waals surface area contributed by atoms with E-state index in [1.165, 1.54) is 22.4 Å². The predicted octanol–water partition coefficient (Wildman–Crippen LogP) is 4.60. The van der Waals surface area contributed by atoms with E-state index in [-0.39, 0.29) is 5.91 Å². The Kier molecular flexibility index (Phi) is 4.07. The topological polar surface area (TPSA) is 42.0 Å². The van der Waals surface area contributed by atoms with E-state index in [1.54, 1.807) is 11.3 Å². The van der Waals surface area contributed by atoms with Gasteiger partial charge in [0.25, 0.3) is 0 Å². The molecule has 122 valence electrons. The largest absolute Gasteiger partial charge is 0.302 e. The summed E-state index contributed by atoms with van der Waals surface area (Å²) in [7, 11) is 0. The zero-order chi connectivity index (χ0) is 16.5. The van der Waals surface area contributed by atoms with Crippen molar-refractivity contribution in [2.75, 3.05) is 5.32 Å². The van der Waals surface area contributed by atoms with Crippen LogP contribution >= 0.6 is 11.3 Å². The van der Waals surface area contributed by atoms with E-state index in [2.05, 4.69) is 35.4 Å². The molecule has 1 aliphatic carbocycles. The van der Waals surface area contributed by atoms with E-state index >= 15 is 0 Å². The summed E-state index contributed by atoms with van der Waals surface area (Å²) >= 11 is 1.64. The highest BCUT2D eigenvalue weighted by atomic mass is 32.1. The number of carbonyl (C=O) groups excluding carboxylic acids is 1. The summed E-state index contributed by atoms with van der Waals surface area (Å²) in [5.74, 6) is 0.725. The van der Waals surface area contributed by atoms with Crippen LogP contribution in [0.5, 0.6) is 0 Å².